The van der Waals surface area contributed by atoms with Crippen LogP contribution in [0.1, 0.15) is 29.3 Å². The number of hydrogen-bond donors (Lipinski definition) is 2. The summed E-state index contributed by atoms with van der Waals surface area (Å²) in [4.78, 5) is 5.99. The second-order valence-electron chi connectivity index (χ2n) is 6.48. The highest BCUT2D eigenvalue weighted by molar-refractivity contribution is 5.85. The zero-order valence-corrected chi connectivity index (χ0v) is 12.6. The van der Waals surface area contributed by atoms with Gasteiger partial charge in [0.05, 0.1) is 13.2 Å². The van der Waals surface area contributed by atoms with Crippen molar-refractivity contribution in [3.05, 3.63) is 35.0 Å². The molecule has 0 saturated carbocycles. The Balaban J connectivity index is 1.73. The third-order valence-corrected chi connectivity index (χ3v) is 5.11. The summed E-state index contributed by atoms with van der Waals surface area (Å²) in [6.07, 6.45) is 2.17. The number of rotatable bonds is 2. The Morgan fingerprint density at radius 3 is 3.14 bits per heavy atom. The first kappa shape index (κ1) is 13.3. The van der Waals surface area contributed by atoms with Crippen molar-refractivity contribution in [3.63, 3.8) is 0 Å². The first-order valence-corrected chi connectivity index (χ1v) is 7.87. The summed E-state index contributed by atoms with van der Waals surface area (Å²) < 4.78 is 5.64. The molecule has 2 aromatic rings. The van der Waals surface area contributed by atoms with E-state index in [0.717, 1.165) is 32.7 Å². The van der Waals surface area contributed by atoms with Gasteiger partial charge in [-0.2, -0.15) is 0 Å². The average molecular weight is 285 g/mol. The number of fused-ring (bicyclic) bond motifs is 3. The minimum absolute atomic E-state index is 0.498. The Hall–Kier alpha value is -1.36. The quantitative estimate of drug-likeness (QED) is 0.889. The highest BCUT2D eigenvalue weighted by atomic mass is 16.5. The van der Waals surface area contributed by atoms with E-state index < -0.39 is 0 Å². The lowest BCUT2D eigenvalue weighted by Crippen LogP contribution is -2.20. The van der Waals surface area contributed by atoms with Gasteiger partial charge < -0.3 is 15.5 Å². The molecule has 1 saturated heterocycles. The normalized spacial score (nSPS) is 26.4. The predicted molar refractivity (Wildman–Crippen MR) is 84.2 cm³/mol. The van der Waals surface area contributed by atoms with Gasteiger partial charge >= 0.3 is 0 Å². The fourth-order valence-electron chi connectivity index (χ4n) is 3.92. The Labute approximate surface area is 125 Å². The largest absolute Gasteiger partial charge is 0.376 e. The van der Waals surface area contributed by atoms with Crippen LogP contribution in [0.15, 0.2) is 18.2 Å². The van der Waals surface area contributed by atoms with Crippen LogP contribution in [0.25, 0.3) is 10.9 Å². The van der Waals surface area contributed by atoms with Crippen LogP contribution >= 0.6 is 0 Å². The topological polar surface area (TPSA) is 54.3 Å². The first-order chi connectivity index (χ1) is 10.3. The van der Waals surface area contributed by atoms with Crippen LogP contribution in [-0.2, 0) is 17.8 Å². The number of benzene rings is 1. The molecule has 1 aromatic heterocycles. The van der Waals surface area contributed by atoms with Gasteiger partial charge in [0.15, 0.2) is 0 Å². The van der Waals surface area contributed by atoms with Gasteiger partial charge in [0.25, 0.3) is 0 Å². The summed E-state index contributed by atoms with van der Waals surface area (Å²) in [5.41, 5.74) is 11.2. The van der Waals surface area contributed by atoms with E-state index in [9.17, 15) is 0 Å². The Bertz CT molecular complexity index is 663. The van der Waals surface area contributed by atoms with E-state index in [1.807, 2.05) is 0 Å². The van der Waals surface area contributed by atoms with Gasteiger partial charge in [-0.15, -0.1) is 0 Å². The van der Waals surface area contributed by atoms with Crippen LogP contribution in [0.4, 0.5) is 0 Å². The van der Waals surface area contributed by atoms with Gasteiger partial charge in [-0.25, -0.2) is 0 Å². The predicted octanol–water partition coefficient (Wildman–Crippen LogP) is 2.19. The molecule has 4 rings (SSSR count). The lowest BCUT2D eigenvalue weighted by molar-refractivity contribution is 0.111. The second kappa shape index (κ2) is 5.13. The molecule has 4 heteroatoms. The van der Waals surface area contributed by atoms with Gasteiger partial charge in [0.1, 0.15) is 0 Å². The molecule has 0 spiro atoms. The summed E-state index contributed by atoms with van der Waals surface area (Å²) in [5.74, 6) is 0.624. The van der Waals surface area contributed by atoms with Crippen LogP contribution in [0.2, 0.25) is 0 Å². The monoisotopic (exact) mass is 285 g/mol. The van der Waals surface area contributed by atoms with Crippen LogP contribution in [0.5, 0.6) is 0 Å². The van der Waals surface area contributed by atoms with Crippen molar-refractivity contribution in [3.8, 4) is 0 Å². The standard InChI is InChI=1S/C17H23N3O/c1-20-9-11(8-18)6-17(20)12-2-3-15-13(7-12)14-10-21-5-4-16(14)19-15/h2-3,7,11,17,19H,4-6,8-10,18H2,1H3. The minimum atomic E-state index is 0.498. The summed E-state index contributed by atoms with van der Waals surface area (Å²) in [7, 11) is 2.21. The molecule has 2 aliphatic rings. The molecule has 4 nitrogen and oxygen atoms in total. The van der Waals surface area contributed by atoms with Gasteiger partial charge in [-0.05, 0) is 43.6 Å². The first-order valence-electron chi connectivity index (χ1n) is 7.87. The minimum Gasteiger partial charge on any atom is -0.376 e. The number of hydrogen-bond acceptors (Lipinski definition) is 3. The van der Waals surface area contributed by atoms with E-state index in [4.69, 9.17) is 10.5 Å². The van der Waals surface area contributed by atoms with Crippen molar-refractivity contribution in [2.24, 2.45) is 11.7 Å². The van der Waals surface area contributed by atoms with Crippen molar-refractivity contribution >= 4 is 10.9 Å². The maximum absolute atomic E-state index is 5.85. The van der Waals surface area contributed by atoms with Crippen molar-refractivity contribution in [1.29, 1.82) is 0 Å². The molecule has 2 unspecified atom stereocenters. The molecule has 3 heterocycles. The van der Waals surface area contributed by atoms with Crippen LogP contribution in [0.3, 0.4) is 0 Å². The van der Waals surface area contributed by atoms with E-state index in [1.54, 1.807) is 0 Å². The summed E-state index contributed by atoms with van der Waals surface area (Å²) in [6, 6.07) is 7.36. The van der Waals surface area contributed by atoms with Gasteiger partial charge in [-0.1, -0.05) is 6.07 Å². The zero-order valence-electron chi connectivity index (χ0n) is 12.6. The van der Waals surface area contributed by atoms with Gasteiger partial charge in [0.2, 0.25) is 0 Å². The molecule has 0 bridgehead atoms. The molecule has 0 amide bonds. The van der Waals surface area contributed by atoms with Crippen LogP contribution in [0, 0.1) is 5.92 Å². The van der Waals surface area contributed by atoms with E-state index in [1.165, 1.54) is 34.1 Å². The fraction of sp³-hybridized carbons (Fsp3) is 0.529. The molecule has 2 aliphatic heterocycles. The Kier molecular flexibility index (Phi) is 3.25. The second-order valence-corrected chi connectivity index (χ2v) is 6.48. The maximum Gasteiger partial charge on any atom is 0.0740 e. The lowest BCUT2D eigenvalue weighted by Gasteiger charge is -2.20. The molecular weight excluding hydrogens is 262 g/mol. The smallest absolute Gasteiger partial charge is 0.0740 e. The van der Waals surface area contributed by atoms with E-state index in [-0.39, 0.29) is 0 Å². The summed E-state index contributed by atoms with van der Waals surface area (Å²) in [6.45, 7) is 3.46. The molecule has 3 N–H and O–H groups in total. The van der Waals surface area contributed by atoms with Crippen molar-refractivity contribution in [1.82, 2.24) is 9.88 Å². The average Bonchev–Trinajstić information content (AvgIpc) is 3.07. The fourth-order valence-corrected chi connectivity index (χ4v) is 3.92. The third-order valence-electron chi connectivity index (χ3n) is 5.11. The molecule has 112 valence electrons. The summed E-state index contributed by atoms with van der Waals surface area (Å²) in [5, 5.41) is 1.34. The van der Waals surface area contributed by atoms with Crippen LogP contribution in [-0.4, -0.2) is 36.6 Å². The number of nitrogens with two attached hydrogens (primary N) is 1. The highest BCUT2D eigenvalue weighted by Crippen LogP contribution is 2.36. The van der Waals surface area contributed by atoms with Crippen molar-refractivity contribution < 1.29 is 4.74 Å². The van der Waals surface area contributed by atoms with Crippen molar-refractivity contribution in [2.45, 2.75) is 25.5 Å². The van der Waals surface area contributed by atoms with E-state index in [2.05, 4.69) is 35.1 Å². The van der Waals surface area contributed by atoms with E-state index >= 15 is 0 Å². The molecule has 0 aliphatic carbocycles. The number of nitrogens with one attached hydrogen (secondary N) is 1. The number of aromatic nitrogens is 1. The van der Waals surface area contributed by atoms with Gasteiger partial charge in [-0.3, -0.25) is 4.90 Å². The van der Waals surface area contributed by atoms with Crippen LogP contribution < -0.4 is 5.73 Å². The van der Waals surface area contributed by atoms with Gasteiger partial charge in [0, 0.05) is 41.2 Å². The van der Waals surface area contributed by atoms with Crippen molar-refractivity contribution in [2.75, 3.05) is 26.7 Å². The molecule has 0 radical (unpaired) electrons. The zero-order chi connectivity index (χ0) is 14.4. The molecule has 2 atom stereocenters. The van der Waals surface area contributed by atoms with E-state index in [0.29, 0.717) is 12.0 Å². The molecule has 1 aromatic carbocycles. The number of likely N-dealkylation sites (tertiary alicyclic amines) is 1. The number of nitrogens with zero attached hydrogens (tertiary/aromatic N) is 1. The SMILES string of the molecule is CN1CC(CN)CC1c1ccc2[nH]c3c(c2c1)COCC3. The third kappa shape index (κ3) is 2.18. The number of ether oxygens (including phenoxy) is 1. The number of aromatic amines is 1. The Morgan fingerprint density at radius 1 is 1.43 bits per heavy atom. The highest BCUT2D eigenvalue weighted by Gasteiger charge is 2.30. The number of H-pyrrole nitrogens is 1. The molecular formula is C17H23N3O. The summed E-state index contributed by atoms with van der Waals surface area (Å²) >= 11 is 0. The lowest BCUT2D eigenvalue weighted by atomic mass is 9.97. The molecule has 1 fully saturated rings. The molecule has 21 heavy (non-hydrogen) atoms. The Morgan fingerprint density at radius 2 is 2.33 bits per heavy atom. The maximum atomic E-state index is 5.85.